The standard InChI is InChI=1S/C9H9NO/c10-7-3-5-8-4-1-2-6-9(8)11/h1-2,4,6,11H,5,10H2. The molecule has 0 atom stereocenters. The first-order valence-corrected chi connectivity index (χ1v) is 3.30. The lowest BCUT2D eigenvalue weighted by Crippen LogP contribution is -1.84. The second-order valence-corrected chi connectivity index (χ2v) is 2.13. The summed E-state index contributed by atoms with van der Waals surface area (Å²) in [6, 6.07) is 9.36. The van der Waals surface area contributed by atoms with Crippen molar-refractivity contribution >= 4 is 0 Å². The maximum Gasteiger partial charge on any atom is 0.119 e. The second-order valence-electron chi connectivity index (χ2n) is 2.13. The monoisotopic (exact) mass is 147 g/mol. The summed E-state index contributed by atoms with van der Waals surface area (Å²) < 4.78 is 0. The first kappa shape index (κ1) is 7.49. The minimum Gasteiger partial charge on any atom is -0.508 e. The zero-order valence-electron chi connectivity index (χ0n) is 6.04. The molecule has 2 heteroatoms. The Hall–Kier alpha value is -1.62. The van der Waals surface area contributed by atoms with Crippen molar-refractivity contribution in [3.63, 3.8) is 0 Å². The van der Waals surface area contributed by atoms with E-state index >= 15 is 0 Å². The summed E-state index contributed by atoms with van der Waals surface area (Å²) >= 11 is 0. The van der Waals surface area contributed by atoms with Crippen LogP contribution in [0.25, 0.3) is 0 Å². The van der Waals surface area contributed by atoms with Gasteiger partial charge in [-0.05, 0) is 6.07 Å². The SMILES string of the molecule is NC#CCc1ccccc1O. The average Bonchev–Trinajstić information content (AvgIpc) is 2.03. The highest BCUT2D eigenvalue weighted by Crippen LogP contribution is 2.14. The van der Waals surface area contributed by atoms with Crippen molar-refractivity contribution in [2.75, 3.05) is 0 Å². The van der Waals surface area contributed by atoms with Crippen LogP contribution in [0.15, 0.2) is 24.3 Å². The number of hydrogen-bond acceptors (Lipinski definition) is 2. The Kier molecular flexibility index (Phi) is 2.40. The van der Waals surface area contributed by atoms with Gasteiger partial charge in [0.1, 0.15) is 5.75 Å². The van der Waals surface area contributed by atoms with E-state index in [0.29, 0.717) is 6.42 Å². The van der Waals surface area contributed by atoms with Gasteiger partial charge >= 0.3 is 0 Å². The van der Waals surface area contributed by atoms with Crippen LogP contribution in [0, 0.1) is 12.0 Å². The molecule has 56 valence electrons. The Balaban J connectivity index is 2.83. The van der Waals surface area contributed by atoms with Crippen molar-refractivity contribution in [3.8, 4) is 17.7 Å². The molecular formula is C9H9NO. The van der Waals surface area contributed by atoms with Crippen LogP contribution >= 0.6 is 0 Å². The topological polar surface area (TPSA) is 46.2 Å². The van der Waals surface area contributed by atoms with E-state index in [-0.39, 0.29) is 5.75 Å². The third-order valence-corrected chi connectivity index (χ3v) is 1.37. The van der Waals surface area contributed by atoms with Gasteiger partial charge in [0, 0.05) is 18.0 Å². The molecule has 1 aromatic rings. The van der Waals surface area contributed by atoms with Crippen molar-refractivity contribution < 1.29 is 5.11 Å². The van der Waals surface area contributed by atoms with E-state index in [1.54, 1.807) is 12.1 Å². The number of benzene rings is 1. The number of para-hydroxylation sites is 1. The molecule has 0 aromatic heterocycles. The Morgan fingerprint density at radius 2 is 2.09 bits per heavy atom. The van der Waals surface area contributed by atoms with Gasteiger partial charge in [-0.1, -0.05) is 24.1 Å². The molecule has 0 aliphatic heterocycles. The van der Waals surface area contributed by atoms with Crippen LogP contribution in [0.2, 0.25) is 0 Å². The molecule has 0 radical (unpaired) electrons. The molecule has 0 saturated heterocycles. The van der Waals surface area contributed by atoms with E-state index in [0.717, 1.165) is 5.56 Å². The predicted molar refractivity (Wildman–Crippen MR) is 43.8 cm³/mol. The van der Waals surface area contributed by atoms with Crippen molar-refractivity contribution in [2.24, 2.45) is 5.73 Å². The molecule has 0 heterocycles. The van der Waals surface area contributed by atoms with E-state index in [4.69, 9.17) is 5.73 Å². The maximum absolute atomic E-state index is 9.23. The highest BCUT2D eigenvalue weighted by atomic mass is 16.3. The van der Waals surface area contributed by atoms with Gasteiger partial charge in [-0.3, -0.25) is 0 Å². The van der Waals surface area contributed by atoms with Crippen LogP contribution < -0.4 is 5.73 Å². The summed E-state index contributed by atoms with van der Waals surface area (Å²) in [7, 11) is 0. The van der Waals surface area contributed by atoms with Crippen molar-refractivity contribution in [1.82, 2.24) is 0 Å². The number of nitrogens with two attached hydrogens (primary N) is 1. The molecule has 3 N–H and O–H groups in total. The van der Waals surface area contributed by atoms with Crippen LogP contribution in [0.3, 0.4) is 0 Å². The Bertz CT molecular complexity index is 296. The maximum atomic E-state index is 9.23. The van der Waals surface area contributed by atoms with E-state index in [2.05, 4.69) is 12.0 Å². The second kappa shape index (κ2) is 3.52. The van der Waals surface area contributed by atoms with E-state index in [1.807, 2.05) is 12.1 Å². The quantitative estimate of drug-likeness (QED) is 0.457. The normalized spacial score (nSPS) is 8.36. The summed E-state index contributed by atoms with van der Waals surface area (Å²) in [5, 5.41) is 9.23. The summed E-state index contributed by atoms with van der Waals surface area (Å²) in [5.74, 6) is 2.95. The van der Waals surface area contributed by atoms with Gasteiger partial charge in [-0.2, -0.15) is 0 Å². The average molecular weight is 147 g/mol. The van der Waals surface area contributed by atoms with Crippen LogP contribution in [0.5, 0.6) is 5.75 Å². The van der Waals surface area contributed by atoms with E-state index in [9.17, 15) is 5.11 Å². The number of aromatic hydroxyl groups is 1. The minimum atomic E-state index is 0.273. The molecule has 1 rings (SSSR count). The largest absolute Gasteiger partial charge is 0.508 e. The summed E-state index contributed by atoms with van der Waals surface area (Å²) in [4.78, 5) is 0. The fourth-order valence-electron chi connectivity index (χ4n) is 0.807. The lowest BCUT2D eigenvalue weighted by atomic mass is 10.1. The smallest absolute Gasteiger partial charge is 0.119 e. The zero-order chi connectivity index (χ0) is 8.10. The first-order chi connectivity index (χ1) is 5.34. The molecule has 1 aromatic carbocycles. The molecule has 0 saturated carbocycles. The lowest BCUT2D eigenvalue weighted by molar-refractivity contribution is 0.470. The van der Waals surface area contributed by atoms with Gasteiger partial charge in [-0.15, -0.1) is 0 Å². The zero-order valence-corrected chi connectivity index (χ0v) is 6.04. The van der Waals surface area contributed by atoms with Gasteiger partial charge in [0.2, 0.25) is 0 Å². The minimum absolute atomic E-state index is 0.273. The van der Waals surface area contributed by atoms with Gasteiger partial charge in [-0.25, -0.2) is 0 Å². The van der Waals surface area contributed by atoms with Crippen LogP contribution in [0.1, 0.15) is 5.56 Å². The molecule has 0 fully saturated rings. The molecule has 0 aliphatic carbocycles. The fourth-order valence-corrected chi connectivity index (χ4v) is 0.807. The molecule has 0 aliphatic rings. The van der Waals surface area contributed by atoms with Crippen molar-refractivity contribution in [1.29, 1.82) is 0 Å². The molecule has 0 spiro atoms. The highest BCUT2D eigenvalue weighted by molar-refractivity contribution is 5.34. The van der Waals surface area contributed by atoms with E-state index < -0.39 is 0 Å². The number of rotatable bonds is 1. The summed E-state index contributed by atoms with van der Waals surface area (Å²) in [5.41, 5.74) is 5.79. The summed E-state index contributed by atoms with van der Waals surface area (Å²) in [6.45, 7) is 0. The van der Waals surface area contributed by atoms with Gasteiger partial charge in [0.05, 0.1) is 0 Å². The fraction of sp³-hybridized carbons (Fsp3) is 0.111. The summed E-state index contributed by atoms with van der Waals surface area (Å²) in [6.07, 6.45) is 0.503. The Morgan fingerprint density at radius 3 is 2.73 bits per heavy atom. The van der Waals surface area contributed by atoms with Crippen LogP contribution in [0.4, 0.5) is 0 Å². The lowest BCUT2D eigenvalue weighted by Gasteiger charge is -1.96. The van der Waals surface area contributed by atoms with Crippen molar-refractivity contribution in [2.45, 2.75) is 6.42 Å². The van der Waals surface area contributed by atoms with Gasteiger partial charge < -0.3 is 10.8 Å². The molecule has 11 heavy (non-hydrogen) atoms. The molecule has 0 bridgehead atoms. The number of hydrogen-bond donors (Lipinski definition) is 2. The first-order valence-electron chi connectivity index (χ1n) is 3.30. The van der Waals surface area contributed by atoms with E-state index in [1.165, 1.54) is 0 Å². The molecule has 2 nitrogen and oxygen atoms in total. The van der Waals surface area contributed by atoms with Crippen molar-refractivity contribution in [3.05, 3.63) is 29.8 Å². The predicted octanol–water partition coefficient (Wildman–Crippen LogP) is 0.854. The number of phenols is 1. The van der Waals surface area contributed by atoms with Crippen LogP contribution in [-0.4, -0.2) is 5.11 Å². The van der Waals surface area contributed by atoms with Crippen LogP contribution in [-0.2, 0) is 6.42 Å². The van der Waals surface area contributed by atoms with Gasteiger partial charge in [0.15, 0.2) is 0 Å². The highest BCUT2D eigenvalue weighted by Gasteiger charge is 1.94. The number of phenolic OH excluding ortho intramolecular Hbond substituents is 1. The third-order valence-electron chi connectivity index (χ3n) is 1.37. The molecular weight excluding hydrogens is 138 g/mol. The van der Waals surface area contributed by atoms with Gasteiger partial charge in [0.25, 0.3) is 0 Å². The third kappa shape index (κ3) is 1.91. The Labute approximate surface area is 65.7 Å². The molecule has 0 amide bonds. The molecule has 0 unspecified atom stereocenters. The Morgan fingerprint density at radius 1 is 1.36 bits per heavy atom.